The quantitative estimate of drug-likeness (QED) is 0.844. The molecule has 2 aliphatic heterocycles. The lowest BCUT2D eigenvalue weighted by Crippen LogP contribution is -2.15. The summed E-state index contributed by atoms with van der Waals surface area (Å²) in [4.78, 5) is 6.48. The van der Waals surface area contributed by atoms with E-state index in [1.807, 2.05) is 30.3 Å². The Kier molecular flexibility index (Phi) is 2.74. The molecule has 1 aromatic heterocycles. The van der Waals surface area contributed by atoms with Gasteiger partial charge in [-0.1, -0.05) is 30.3 Å². The number of hydrogen-bond donors (Lipinski definition) is 0. The minimum absolute atomic E-state index is 0.739. The molecular formula is C17H16N4. The highest BCUT2D eigenvalue weighted by atomic mass is 15.2. The minimum atomic E-state index is 0.739. The smallest absolute Gasteiger partial charge is 0.114 e. The third kappa shape index (κ3) is 2.18. The van der Waals surface area contributed by atoms with Crippen LogP contribution in [0.25, 0.3) is 16.7 Å². The summed E-state index contributed by atoms with van der Waals surface area (Å²) in [5.74, 6) is 0. The van der Waals surface area contributed by atoms with Crippen LogP contribution in [0.3, 0.4) is 0 Å². The van der Waals surface area contributed by atoms with E-state index >= 15 is 0 Å². The van der Waals surface area contributed by atoms with Crippen LogP contribution in [0.2, 0.25) is 0 Å². The highest BCUT2D eigenvalue weighted by Crippen LogP contribution is 2.29. The van der Waals surface area contributed by atoms with Crippen molar-refractivity contribution in [1.29, 1.82) is 0 Å². The summed E-state index contributed by atoms with van der Waals surface area (Å²) in [6.45, 7) is 0.739. The summed E-state index contributed by atoms with van der Waals surface area (Å²) in [6.07, 6.45) is 11.3. The largest absolute Gasteiger partial charge is 0.327 e. The number of aromatic nitrogens is 2. The molecule has 0 atom stereocenters. The normalized spacial score (nSPS) is 16.7. The first-order chi connectivity index (χ1) is 10.3. The molecule has 104 valence electrons. The molecule has 4 rings (SSSR count). The lowest BCUT2D eigenvalue weighted by atomic mass is 9.98. The lowest BCUT2D eigenvalue weighted by Gasteiger charge is -2.21. The zero-order chi connectivity index (χ0) is 14.2. The fourth-order valence-corrected chi connectivity index (χ4v) is 2.76. The van der Waals surface area contributed by atoms with Gasteiger partial charge in [0.05, 0.1) is 11.9 Å². The molecule has 0 spiro atoms. The molecule has 0 saturated carbocycles. The molecular weight excluding hydrogens is 260 g/mol. The predicted molar refractivity (Wildman–Crippen MR) is 84.5 cm³/mol. The van der Waals surface area contributed by atoms with Crippen LogP contribution in [0.15, 0.2) is 59.6 Å². The maximum Gasteiger partial charge on any atom is 0.114 e. The van der Waals surface area contributed by atoms with Crippen molar-refractivity contribution in [2.75, 3.05) is 6.67 Å². The third-order valence-corrected chi connectivity index (χ3v) is 3.93. The molecule has 1 aromatic carbocycles. The average Bonchev–Trinajstić information content (AvgIpc) is 3.15. The highest BCUT2D eigenvalue weighted by molar-refractivity contribution is 5.83. The van der Waals surface area contributed by atoms with E-state index in [-0.39, 0.29) is 0 Å². The van der Waals surface area contributed by atoms with Crippen LogP contribution in [-0.2, 0) is 7.05 Å². The standard InChI is InChI=1S/C17H16N4/c1-20-10-16(8-19-20)14-4-2-13(3-5-14)15-6-7-17-9-18-12-21(17)11-15/h2-5,7-11H,6,12H2,1H3. The summed E-state index contributed by atoms with van der Waals surface area (Å²) in [6, 6.07) is 8.69. The van der Waals surface area contributed by atoms with Gasteiger partial charge in [-0.05, 0) is 23.1 Å². The number of allylic oxidation sites excluding steroid dienone is 3. The summed E-state index contributed by atoms with van der Waals surface area (Å²) < 4.78 is 1.83. The number of aliphatic imine (C=N–C) groups is 1. The van der Waals surface area contributed by atoms with Gasteiger partial charge in [-0.15, -0.1) is 0 Å². The van der Waals surface area contributed by atoms with Crippen molar-refractivity contribution in [2.45, 2.75) is 6.42 Å². The number of fused-ring (bicyclic) bond motifs is 1. The van der Waals surface area contributed by atoms with Gasteiger partial charge < -0.3 is 4.90 Å². The van der Waals surface area contributed by atoms with E-state index in [2.05, 4.69) is 51.5 Å². The monoisotopic (exact) mass is 276 g/mol. The van der Waals surface area contributed by atoms with E-state index in [1.54, 1.807) is 0 Å². The maximum absolute atomic E-state index is 4.29. The number of aryl methyl sites for hydroxylation is 1. The molecule has 21 heavy (non-hydrogen) atoms. The van der Waals surface area contributed by atoms with Crippen LogP contribution >= 0.6 is 0 Å². The molecule has 3 heterocycles. The van der Waals surface area contributed by atoms with E-state index in [4.69, 9.17) is 0 Å². The van der Waals surface area contributed by atoms with Gasteiger partial charge in [-0.3, -0.25) is 9.67 Å². The zero-order valence-electron chi connectivity index (χ0n) is 11.9. The molecule has 0 N–H and O–H groups in total. The van der Waals surface area contributed by atoms with Crippen LogP contribution in [0.5, 0.6) is 0 Å². The topological polar surface area (TPSA) is 33.4 Å². The first-order valence-electron chi connectivity index (χ1n) is 7.06. The molecule has 4 heteroatoms. The van der Waals surface area contributed by atoms with Crippen LogP contribution in [0.4, 0.5) is 0 Å². The van der Waals surface area contributed by atoms with Crippen molar-refractivity contribution < 1.29 is 0 Å². The number of rotatable bonds is 2. The summed E-state index contributed by atoms with van der Waals surface area (Å²) in [5, 5.41) is 4.22. The van der Waals surface area contributed by atoms with E-state index in [1.165, 1.54) is 22.4 Å². The maximum atomic E-state index is 4.29. The Labute approximate surface area is 123 Å². The minimum Gasteiger partial charge on any atom is -0.327 e. The zero-order valence-corrected chi connectivity index (χ0v) is 11.9. The predicted octanol–water partition coefficient (Wildman–Crippen LogP) is 3.06. The van der Waals surface area contributed by atoms with E-state index < -0.39 is 0 Å². The van der Waals surface area contributed by atoms with Crippen molar-refractivity contribution in [3.8, 4) is 11.1 Å². The first-order valence-corrected chi connectivity index (χ1v) is 7.06. The molecule has 4 nitrogen and oxygen atoms in total. The van der Waals surface area contributed by atoms with Gasteiger partial charge in [0.2, 0.25) is 0 Å². The molecule has 0 radical (unpaired) electrons. The molecule has 0 aliphatic carbocycles. The molecule has 0 fully saturated rings. The van der Waals surface area contributed by atoms with Crippen molar-refractivity contribution >= 4 is 11.8 Å². The van der Waals surface area contributed by atoms with Gasteiger partial charge in [0.15, 0.2) is 0 Å². The summed E-state index contributed by atoms with van der Waals surface area (Å²) in [5.41, 5.74) is 6.17. The van der Waals surface area contributed by atoms with Crippen molar-refractivity contribution in [3.63, 3.8) is 0 Å². The van der Waals surface area contributed by atoms with E-state index in [0.29, 0.717) is 0 Å². The van der Waals surface area contributed by atoms with Crippen LogP contribution in [0, 0.1) is 0 Å². The molecule has 2 aromatic rings. The number of benzene rings is 1. The Morgan fingerprint density at radius 1 is 1.05 bits per heavy atom. The van der Waals surface area contributed by atoms with Gasteiger partial charge in [0.1, 0.15) is 6.67 Å². The molecule has 0 unspecified atom stereocenters. The van der Waals surface area contributed by atoms with Crippen molar-refractivity contribution in [1.82, 2.24) is 14.7 Å². The molecule has 0 saturated heterocycles. The van der Waals surface area contributed by atoms with Gasteiger partial charge in [0, 0.05) is 31.2 Å². The summed E-state index contributed by atoms with van der Waals surface area (Å²) >= 11 is 0. The van der Waals surface area contributed by atoms with E-state index in [9.17, 15) is 0 Å². The number of nitrogens with zero attached hydrogens (tertiary/aromatic N) is 4. The second-order valence-corrected chi connectivity index (χ2v) is 5.39. The Hall–Kier alpha value is -2.62. The highest BCUT2D eigenvalue weighted by Gasteiger charge is 2.16. The third-order valence-electron chi connectivity index (χ3n) is 3.93. The fourth-order valence-electron chi connectivity index (χ4n) is 2.76. The van der Waals surface area contributed by atoms with Crippen molar-refractivity contribution in [2.24, 2.45) is 12.0 Å². The van der Waals surface area contributed by atoms with Gasteiger partial charge in [-0.2, -0.15) is 5.10 Å². The van der Waals surface area contributed by atoms with Crippen LogP contribution in [0.1, 0.15) is 12.0 Å². The molecule has 0 bridgehead atoms. The Morgan fingerprint density at radius 2 is 1.86 bits per heavy atom. The molecule has 2 aliphatic rings. The van der Waals surface area contributed by atoms with Crippen LogP contribution < -0.4 is 0 Å². The number of hydrogen-bond acceptors (Lipinski definition) is 3. The molecule has 0 amide bonds. The second kappa shape index (κ2) is 4.74. The van der Waals surface area contributed by atoms with Crippen molar-refractivity contribution in [3.05, 3.63) is 60.2 Å². The average molecular weight is 276 g/mol. The Bertz CT molecular complexity index is 762. The Morgan fingerprint density at radius 3 is 2.62 bits per heavy atom. The second-order valence-electron chi connectivity index (χ2n) is 5.39. The fraction of sp³-hybridized carbons (Fsp3) is 0.176. The SMILES string of the molecule is Cn1cc(-c2ccc(C3=CN4CN=CC4=CC3)cc2)cn1. The lowest BCUT2D eigenvalue weighted by molar-refractivity contribution is 0.523. The Balaban J connectivity index is 1.60. The first kappa shape index (κ1) is 12.1. The summed E-state index contributed by atoms with van der Waals surface area (Å²) in [7, 11) is 1.94. The van der Waals surface area contributed by atoms with Gasteiger partial charge in [0.25, 0.3) is 0 Å². The van der Waals surface area contributed by atoms with Crippen LogP contribution in [-0.4, -0.2) is 27.6 Å². The van der Waals surface area contributed by atoms with Gasteiger partial charge in [-0.25, -0.2) is 0 Å². The van der Waals surface area contributed by atoms with Gasteiger partial charge >= 0.3 is 0 Å². The van der Waals surface area contributed by atoms with E-state index in [0.717, 1.165) is 18.7 Å².